The molecule has 0 spiro atoms. The quantitative estimate of drug-likeness (QED) is 0.602. The standard InChI is InChI=1S/C10H16.Y/c1-2-8-6-7-9-4-3-5-10(8)9;/h6,8-10H,1-5,7H2;/q-2;. The van der Waals surface area contributed by atoms with Crippen LogP contribution in [0.1, 0.15) is 32.1 Å². The van der Waals surface area contributed by atoms with E-state index in [1.54, 1.807) is 0 Å². The van der Waals surface area contributed by atoms with Crippen LogP contribution in [-0.2, 0) is 32.7 Å². The van der Waals surface area contributed by atoms with Crippen molar-refractivity contribution >= 4 is 0 Å². The average molecular weight is 225 g/mol. The van der Waals surface area contributed by atoms with Crippen LogP contribution in [0.25, 0.3) is 0 Å². The molecule has 2 fully saturated rings. The summed E-state index contributed by atoms with van der Waals surface area (Å²) >= 11 is 0. The van der Waals surface area contributed by atoms with Crippen LogP contribution in [0.15, 0.2) is 0 Å². The molecule has 2 rings (SSSR count). The van der Waals surface area contributed by atoms with Crippen LogP contribution in [0.2, 0.25) is 0 Å². The van der Waals surface area contributed by atoms with E-state index in [9.17, 15) is 0 Å². The van der Waals surface area contributed by atoms with Crippen LogP contribution in [0, 0.1) is 31.1 Å². The summed E-state index contributed by atoms with van der Waals surface area (Å²) in [5.41, 5.74) is 0. The second-order valence-corrected chi connectivity index (χ2v) is 3.78. The van der Waals surface area contributed by atoms with Crippen LogP contribution in [0.5, 0.6) is 0 Å². The van der Waals surface area contributed by atoms with Crippen molar-refractivity contribution < 1.29 is 32.7 Å². The third-order valence-electron chi connectivity index (χ3n) is 3.34. The number of rotatable bonds is 1. The molecule has 0 N–H and O–H groups in total. The summed E-state index contributed by atoms with van der Waals surface area (Å²) in [6.07, 6.45) is 9.52. The second kappa shape index (κ2) is 4.37. The van der Waals surface area contributed by atoms with E-state index >= 15 is 0 Å². The number of hydrogen-bond acceptors (Lipinski definition) is 0. The SMILES string of the molecule is [CH2-]CC1[CH-]CC2CCCC12.[Y]. The monoisotopic (exact) mass is 225 g/mol. The minimum atomic E-state index is 0. The van der Waals surface area contributed by atoms with Crippen molar-refractivity contribution in [3.05, 3.63) is 13.3 Å². The minimum Gasteiger partial charge on any atom is -0.345 e. The first-order valence-corrected chi connectivity index (χ1v) is 4.54. The molecule has 1 radical (unpaired) electrons. The Morgan fingerprint density at radius 1 is 1.36 bits per heavy atom. The molecule has 0 aromatic carbocycles. The van der Waals surface area contributed by atoms with Gasteiger partial charge in [0, 0.05) is 32.7 Å². The van der Waals surface area contributed by atoms with Crippen LogP contribution >= 0.6 is 0 Å². The molecular formula is C10H16Y-2. The van der Waals surface area contributed by atoms with Gasteiger partial charge in [-0.3, -0.25) is 0 Å². The molecule has 2 saturated carbocycles. The zero-order chi connectivity index (χ0) is 6.97. The van der Waals surface area contributed by atoms with E-state index in [1.807, 2.05) is 0 Å². The molecule has 2 aliphatic carbocycles. The van der Waals surface area contributed by atoms with Gasteiger partial charge in [-0.1, -0.05) is 31.1 Å². The van der Waals surface area contributed by atoms with E-state index in [2.05, 4.69) is 13.3 Å². The Kier molecular flexibility index (Phi) is 4.05. The zero-order valence-electron chi connectivity index (χ0n) is 7.13. The van der Waals surface area contributed by atoms with Gasteiger partial charge < -0.3 is 13.3 Å². The minimum absolute atomic E-state index is 0. The molecule has 1 heteroatoms. The molecule has 11 heavy (non-hydrogen) atoms. The second-order valence-electron chi connectivity index (χ2n) is 3.78. The van der Waals surface area contributed by atoms with Gasteiger partial charge in [0.05, 0.1) is 0 Å². The fourth-order valence-corrected chi connectivity index (χ4v) is 2.78. The summed E-state index contributed by atoms with van der Waals surface area (Å²) in [6, 6.07) is 0. The van der Waals surface area contributed by atoms with Gasteiger partial charge in [0.1, 0.15) is 0 Å². The Bertz CT molecular complexity index is 122. The molecule has 0 saturated heterocycles. The Balaban J connectivity index is 0.000000605. The summed E-state index contributed by atoms with van der Waals surface area (Å²) in [7, 11) is 0. The van der Waals surface area contributed by atoms with Gasteiger partial charge in [0.15, 0.2) is 0 Å². The molecule has 0 aliphatic heterocycles. The fraction of sp³-hybridized carbons (Fsp3) is 0.800. The molecule has 0 aromatic rings. The summed E-state index contributed by atoms with van der Waals surface area (Å²) in [5, 5.41) is 0. The van der Waals surface area contributed by atoms with E-state index in [1.165, 1.54) is 25.7 Å². The van der Waals surface area contributed by atoms with Crippen molar-refractivity contribution in [1.29, 1.82) is 0 Å². The summed E-state index contributed by atoms with van der Waals surface area (Å²) in [6.45, 7) is 4.00. The van der Waals surface area contributed by atoms with Crippen molar-refractivity contribution in [3.8, 4) is 0 Å². The van der Waals surface area contributed by atoms with Gasteiger partial charge in [-0.2, -0.15) is 12.3 Å². The molecule has 0 nitrogen and oxygen atoms in total. The summed E-state index contributed by atoms with van der Waals surface area (Å²) in [4.78, 5) is 0. The molecule has 61 valence electrons. The Hall–Kier alpha value is 1.10. The fourth-order valence-electron chi connectivity index (χ4n) is 2.78. The largest absolute Gasteiger partial charge is 0.345 e. The van der Waals surface area contributed by atoms with Crippen LogP contribution in [-0.4, -0.2) is 0 Å². The van der Waals surface area contributed by atoms with Gasteiger partial charge >= 0.3 is 0 Å². The van der Waals surface area contributed by atoms with Crippen molar-refractivity contribution in [2.45, 2.75) is 32.1 Å². The first-order valence-electron chi connectivity index (χ1n) is 4.54. The van der Waals surface area contributed by atoms with Gasteiger partial charge in [-0.05, 0) is 0 Å². The molecular weight excluding hydrogens is 209 g/mol. The Labute approximate surface area is 95.4 Å². The third-order valence-corrected chi connectivity index (χ3v) is 3.34. The van der Waals surface area contributed by atoms with E-state index in [4.69, 9.17) is 0 Å². The van der Waals surface area contributed by atoms with Gasteiger partial charge in [-0.25, -0.2) is 6.42 Å². The van der Waals surface area contributed by atoms with Crippen molar-refractivity contribution in [2.75, 3.05) is 0 Å². The predicted octanol–water partition coefficient (Wildman–Crippen LogP) is 2.85. The van der Waals surface area contributed by atoms with Gasteiger partial charge in [-0.15, -0.1) is 0 Å². The first-order chi connectivity index (χ1) is 4.92. The van der Waals surface area contributed by atoms with Gasteiger partial charge in [0.2, 0.25) is 0 Å². The molecule has 0 aromatic heterocycles. The van der Waals surface area contributed by atoms with Crippen LogP contribution in [0.3, 0.4) is 0 Å². The Morgan fingerprint density at radius 3 is 2.91 bits per heavy atom. The van der Waals surface area contributed by atoms with E-state index in [-0.39, 0.29) is 32.7 Å². The first kappa shape index (κ1) is 10.2. The van der Waals surface area contributed by atoms with Crippen molar-refractivity contribution in [1.82, 2.24) is 0 Å². The molecule has 3 atom stereocenters. The maximum atomic E-state index is 4.00. The van der Waals surface area contributed by atoms with Crippen molar-refractivity contribution in [3.63, 3.8) is 0 Å². The number of fused-ring (bicyclic) bond motifs is 1. The van der Waals surface area contributed by atoms with Gasteiger partial charge in [0.25, 0.3) is 0 Å². The summed E-state index contributed by atoms with van der Waals surface area (Å²) in [5.74, 6) is 2.98. The normalized spacial score (nSPS) is 41.7. The van der Waals surface area contributed by atoms with E-state index in [0.717, 1.165) is 24.2 Å². The smallest absolute Gasteiger partial charge is 0 e. The molecule has 3 unspecified atom stereocenters. The molecule has 0 amide bonds. The maximum absolute atomic E-state index is 4.00. The average Bonchev–Trinajstić information content (AvgIpc) is 2.44. The zero-order valence-corrected chi connectivity index (χ0v) is 9.97. The summed E-state index contributed by atoms with van der Waals surface area (Å²) < 4.78 is 0. The maximum Gasteiger partial charge on any atom is 0 e. The predicted molar refractivity (Wildman–Crippen MR) is 43.2 cm³/mol. The van der Waals surface area contributed by atoms with E-state index in [0.29, 0.717) is 0 Å². The third kappa shape index (κ3) is 1.88. The number of hydrogen-bond donors (Lipinski definition) is 0. The molecule has 0 heterocycles. The van der Waals surface area contributed by atoms with Crippen molar-refractivity contribution in [2.24, 2.45) is 17.8 Å². The van der Waals surface area contributed by atoms with E-state index < -0.39 is 0 Å². The molecule has 2 aliphatic rings. The topological polar surface area (TPSA) is 0 Å². The molecule has 0 bridgehead atoms. The van der Waals surface area contributed by atoms with Crippen LogP contribution < -0.4 is 0 Å². The van der Waals surface area contributed by atoms with Crippen LogP contribution in [0.4, 0.5) is 0 Å². The Morgan fingerprint density at radius 2 is 2.18 bits per heavy atom.